The van der Waals surface area contributed by atoms with Gasteiger partial charge in [-0.05, 0) is 13.8 Å². The molecule has 0 amide bonds. The molecule has 0 N–H and O–H groups in total. The molecule has 0 aliphatic carbocycles. The maximum atomic E-state index is 11.6. The Morgan fingerprint density at radius 1 is 1.55 bits per heavy atom. The van der Waals surface area contributed by atoms with Crippen LogP contribution in [0.3, 0.4) is 0 Å². The lowest BCUT2D eigenvalue weighted by Gasteiger charge is -2.11. The first-order chi connectivity index (χ1) is 4.89. The van der Waals surface area contributed by atoms with E-state index in [-0.39, 0.29) is 6.61 Å². The van der Waals surface area contributed by atoms with Crippen molar-refractivity contribution in [3.63, 3.8) is 0 Å². The number of ketones is 1. The molecule has 0 aliphatic heterocycles. The van der Waals surface area contributed by atoms with Crippen molar-refractivity contribution in [2.45, 2.75) is 26.1 Å². The van der Waals surface area contributed by atoms with Crippen molar-refractivity contribution in [3.8, 4) is 0 Å². The predicted molar refractivity (Wildman–Crippen MR) is 32.1 cm³/mol. The molecule has 0 aliphatic rings. The van der Waals surface area contributed by atoms with Crippen molar-refractivity contribution in [2.75, 3.05) is 6.61 Å². The molecule has 0 bridgehead atoms. The average Bonchev–Trinajstić information content (AvgIpc) is 1.85. The molecule has 0 saturated heterocycles. The van der Waals surface area contributed by atoms with Crippen LogP contribution in [0.4, 0.5) is 13.2 Å². The lowest BCUT2D eigenvalue weighted by Crippen LogP contribution is -2.34. The first-order valence-corrected chi connectivity index (χ1v) is 3.12. The Labute approximate surface area is 62.3 Å². The van der Waals surface area contributed by atoms with Gasteiger partial charge in [-0.15, -0.1) is 0 Å². The van der Waals surface area contributed by atoms with Crippen LogP contribution < -0.4 is 0 Å². The summed E-state index contributed by atoms with van der Waals surface area (Å²) < 4.78 is 39.2. The van der Waals surface area contributed by atoms with Crippen molar-refractivity contribution < 1.29 is 22.7 Å². The molecule has 0 heterocycles. The van der Waals surface area contributed by atoms with Gasteiger partial charge in [0.25, 0.3) is 5.78 Å². The van der Waals surface area contributed by atoms with Gasteiger partial charge in [-0.25, -0.2) is 0 Å². The maximum absolute atomic E-state index is 11.6. The van der Waals surface area contributed by atoms with Gasteiger partial charge < -0.3 is 4.74 Å². The van der Waals surface area contributed by atoms with E-state index in [4.69, 9.17) is 0 Å². The Morgan fingerprint density at radius 2 is 2.00 bits per heavy atom. The number of alkyl halides is 3. The number of Topliss-reactive ketones (excluding diaryl/α,β-unsaturated/α-hetero) is 1. The lowest BCUT2D eigenvalue weighted by atomic mass is 10.2. The summed E-state index contributed by atoms with van der Waals surface area (Å²) in [5.74, 6) is -1.83. The summed E-state index contributed by atoms with van der Waals surface area (Å²) in [6.07, 6.45) is -6.17. The highest BCUT2D eigenvalue weighted by atomic mass is 19.4. The van der Waals surface area contributed by atoms with Crippen molar-refractivity contribution in [1.29, 1.82) is 0 Å². The molecule has 66 valence electrons. The van der Waals surface area contributed by atoms with E-state index in [1.165, 1.54) is 6.92 Å². The second-order valence-corrected chi connectivity index (χ2v) is 1.96. The minimum Gasteiger partial charge on any atom is -0.371 e. The van der Waals surface area contributed by atoms with E-state index in [9.17, 15) is 18.0 Å². The van der Waals surface area contributed by atoms with Gasteiger partial charge in [0.15, 0.2) is 0 Å². The molecule has 0 unspecified atom stereocenters. The molecule has 0 aromatic carbocycles. The number of hydrogen-bond donors (Lipinski definition) is 0. The van der Waals surface area contributed by atoms with Gasteiger partial charge in [0.1, 0.15) is 6.10 Å². The van der Waals surface area contributed by atoms with E-state index in [1.807, 2.05) is 0 Å². The summed E-state index contributed by atoms with van der Waals surface area (Å²) >= 11 is 0. The van der Waals surface area contributed by atoms with Gasteiger partial charge >= 0.3 is 6.18 Å². The third-order valence-corrected chi connectivity index (χ3v) is 1.07. The average molecular weight is 170 g/mol. The molecule has 0 rings (SSSR count). The Bertz CT molecular complexity index is 141. The normalized spacial score (nSPS) is 14.6. The molecular formula is C6H9F3O2. The number of rotatable bonds is 3. The highest BCUT2D eigenvalue weighted by Gasteiger charge is 2.41. The molecule has 0 saturated carbocycles. The summed E-state index contributed by atoms with van der Waals surface area (Å²) in [6, 6.07) is 0. The summed E-state index contributed by atoms with van der Waals surface area (Å²) in [5, 5.41) is 0. The van der Waals surface area contributed by atoms with Crippen LogP contribution >= 0.6 is 0 Å². The number of halogens is 3. The van der Waals surface area contributed by atoms with E-state index in [0.717, 1.165) is 6.92 Å². The standard InChI is InChI=1S/C6H9F3O2/c1-3-11-4(2)5(10)6(7,8)9/h4H,3H2,1-2H3/t4-/m1/s1. The molecule has 5 heteroatoms. The fourth-order valence-corrected chi connectivity index (χ4v) is 0.556. The zero-order valence-electron chi connectivity index (χ0n) is 6.23. The third kappa shape index (κ3) is 3.36. The number of carbonyl (C=O) groups is 1. The topological polar surface area (TPSA) is 26.3 Å². The lowest BCUT2D eigenvalue weighted by molar-refractivity contribution is -0.181. The fourth-order valence-electron chi connectivity index (χ4n) is 0.556. The van der Waals surface area contributed by atoms with Gasteiger partial charge in [0, 0.05) is 6.61 Å². The zero-order chi connectivity index (χ0) is 9.07. The highest BCUT2D eigenvalue weighted by molar-refractivity contribution is 5.87. The highest BCUT2D eigenvalue weighted by Crippen LogP contribution is 2.18. The van der Waals surface area contributed by atoms with Crippen molar-refractivity contribution in [3.05, 3.63) is 0 Å². The number of ether oxygens (including phenoxy) is 1. The van der Waals surface area contributed by atoms with E-state index < -0.39 is 18.1 Å². The molecule has 1 atom stereocenters. The smallest absolute Gasteiger partial charge is 0.371 e. The van der Waals surface area contributed by atoms with Crippen molar-refractivity contribution >= 4 is 5.78 Å². The van der Waals surface area contributed by atoms with E-state index in [2.05, 4.69) is 4.74 Å². The van der Waals surface area contributed by atoms with Crippen LogP contribution in [0.2, 0.25) is 0 Å². The largest absolute Gasteiger partial charge is 0.452 e. The Morgan fingerprint density at radius 3 is 2.27 bits per heavy atom. The van der Waals surface area contributed by atoms with E-state index in [0.29, 0.717) is 0 Å². The molecule has 11 heavy (non-hydrogen) atoms. The van der Waals surface area contributed by atoms with Gasteiger partial charge in [-0.3, -0.25) is 4.79 Å². The molecular weight excluding hydrogens is 161 g/mol. The summed E-state index contributed by atoms with van der Waals surface area (Å²) in [5.41, 5.74) is 0. The van der Waals surface area contributed by atoms with E-state index in [1.54, 1.807) is 0 Å². The minimum atomic E-state index is -4.78. The van der Waals surface area contributed by atoms with Crippen molar-refractivity contribution in [2.24, 2.45) is 0 Å². The molecule has 0 aromatic rings. The SMILES string of the molecule is CCO[C@H](C)C(=O)C(F)(F)F. The predicted octanol–water partition coefficient (Wildman–Crippen LogP) is 1.54. The van der Waals surface area contributed by atoms with E-state index >= 15 is 0 Å². The van der Waals surface area contributed by atoms with Gasteiger partial charge in [0.2, 0.25) is 0 Å². The van der Waals surface area contributed by atoms with Crippen LogP contribution in [-0.2, 0) is 9.53 Å². The van der Waals surface area contributed by atoms with Crippen LogP contribution in [-0.4, -0.2) is 24.7 Å². The molecule has 2 nitrogen and oxygen atoms in total. The maximum Gasteiger partial charge on any atom is 0.452 e. The quantitative estimate of drug-likeness (QED) is 0.642. The number of hydrogen-bond acceptors (Lipinski definition) is 2. The first-order valence-electron chi connectivity index (χ1n) is 3.12. The Kier molecular flexibility index (Phi) is 3.51. The van der Waals surface area contributed by atoms with Crippen LogP contribution in [0.5, 0.6) is 0 Å². The fraction of sp³-hybridized carbons (Fsp3) is 0.833. The second kappa shape index (κ2) is 3.71. The molecule has 0 radical (unpaired) electrons. The van der Waals surface area contributed by atoms with Crippen LogP contribution in [0, 0.1) is 0 Å². The second-order valence-electron chi connectivity index (χ2n) is 1.96. The zero-order valence-corrected chi connectivity index (χ0v) is 6.23. The van der Waals surface area contributed by atoms with Crippen LogP contribution in [0.15, 0.2) is 0 Å². The Balaban J connectivity index is 4.03. The minimum absolute atomic E-state index is 0.100. The van der Waals surface area contributed by atoms with Gasteiger partial charge in [-0.1, -0.05) is 0 Å². The molecule has 0 aromatic heterocycles. The summed E-state index contributed by atoms with van der Waals surface area (Å²) in [4.78, 5) is 10.3. The van der Waals surface area contributed by atoms with Crippen LogP contribution in [0.1, 0.15) is 13.8 Å². The van der Waals surface area contributed by atoms with Gasteiger partial charge in [-0.2, -0.15) is 13.2 Å². The summed E-state index contributed by atoms with van der Waals surface area (Å²) in [6.45, 7) is 2.71. The first kappa shape index (κ1) is 10.4. The molecule has 0 spiro atoms. The summed E-state index contributed by atoms with van der Waals surface area (Å²) in [7, 11) is 0. The molecule has 0 fully saturated rings. The Hall–Kier alpha value is -0.580. The number of carbonyl (C=O) groups excluding carboxylic acids is 1. The van der Waals surface area contributed by atoms with Gasteiger partial charge in [0.05, 0.1) is 0 Å². The van der Waals surface area contributed by atoms with Crippen molar-refractivity contribution in [1.82, 2.24) is 0 Å². The van der Waals surface area contributed by atoms with Crippen LogP contribution in [0.25, 0.3) is 0 Å². The monoisotopic (exact) mass is 170 g/mol. The third-order valence-electron chi connectivity index (χ3n) is 1.07.